The Bertz CT molecular complexity index is 955. The number of hydrogen-bond donors (Lipinski definition) is 1. The Balaban J connectivity index is 1.39. The number of hydrogen-bond acceptors (Lipinski definition) is 3. The molecular formula is C22H22FN3O2. The maximum absolute atomic E-state index is 13.7. The molecule has 0 aliphatic carbocycles. The van der Waals surface area contributed by atoms with Gasteiger partial charge in [-0.05, 0) is 29.2 Å². The minimum atomic E-state index is -0.367. The van der Waals surface area contributed by atoms with E-state index in [-0.39, 0.29) is 24.2 Å². The number of carbonyl (C=O) groups excluding carboxylic acids is 1. The van der Waals surface area contributed by atoms with Crippen LogP contribution >= 0.6 is 0 Å². The largest absolute Gasteiger partial charge is 0.370 e. The SMILES string of the molecule is O=C(Cc1ccccc1F)NC[C@H]1OCCc2cn(Cc3ccccc3)nc21. The van der Waals surface area contributed by atoms with Crippen molar-refractivity contribution in [3.63, 3.8) is 0 Å². The van der Waals surface area contributed by atoms with Crippen LogP contribution in [0.1, 0.15) is 28.5 Å². The molecule has 2 aromatic carbocycles. The molecule has 5 nitrogen and oxygen atoms in total. The highest BCUT2D eigenvalue weighted by Crippen LogP contribution is 2.25. The van der Waals surface area contributed by atoms with Crippen molar-refractivity contribution in [1.29, 1.82) is 0 Å². The second-order valence-corrected chi connectivity index (χ2v) is 6.90. The molecule has 28 heavy (non-hydrogen) atoms. The van der Waals surface area contributed by atoms with Crippen LogP contribution in [0.4, 0.5) is 4.39 Å². The maximum atomic E-state index is 13.7. The molecule has 6 heteroatoms. The van der Waals surface area contributed by atoms with Crippen LogP contribution in [0.25, 0.3) is 0 Å². The van der Waals surface area contributed by atoms with Gasteiger partial charge in [0.05, 0.1) is 25.3 Å². The smallest absolute Gasteiger partial charge is 0.224 e. The summed E-state index contributed by atoms with van der Waals surface area (Å²) in [6.45, 7) is 1.61. The van der Waals surface area contributed by atoms with Gasteiger partial charge >= 0.3 is 0 Å². The summed E-state index contributed by atoms with van der Waals surface area (Å²) in [5.41, 5.74) is 3.58. The fraction of sp³-hybridized carbons (Fsp3) is 0.273. The van der Waals surface area contributed by atoms with Crippen LogP contribution in [0.15, 0.2) is 60.8 Å². The summed E-state index contributed by atoms with van der Waals surface area (Å²) < 4.78 is 21.5. The number of nitrogens with one attached hydrogen (secondary N) is 1. The molecule has 1 atom stereocenters. The van der Waals surface area contributed by atoms with Gasteiger partial charge in [0.2, 0.25) is 5.91 Å². The third-order valence-corrected chi connectivity index (χ3v) is 4.85. The van der Waals surface area contributed by atoms with Gasteiger partial charge in [0, 0.05) is 12.7 Å². The van der Waals surface area contributed by atoms with E-state index in [1.165, 1.54) is 11.6 Å². The lowest BCUT2D eigenvalue weighted by Crippen LogP contribution is -2.33. The first-order valence-corrected chi connectivity index (χ1v) is 9.41. The van der Waals surface area contributed by atoms with Crippen molar-refractivity contribution in [3.05, 3.63) is 89.0 Å². The highest BCUT2D eigenvalue weighted by molar-refractivity contribution is 5.78. The van der Waals surface area contributed by atoms with Crippen LogP contribution in [-0.2, 0) is 28.9 Å². The molecule has 0 radical (unpaired) electrons. The van der Waals surface area contributed by atoms with Crippen molar-refractivity contribution in [3.8, 4) is 0 Å². The molecule has 1 aliphatic rings. The summed E-state index contributed by atoms with van der Waals surface area (Å²) in [4.78, 5) is 12.2. The zero-order valence-corrected chi connectivity index (χ0v) is 15.5. The molecule has 0 spiro atoms. The van der Waals surface area contributed by atoms with Gasteiger partial charge in [-0.1, -0.05) is 48.5 Å². The van der Waals surface area contributed by atoms with E-state index < -0.39 is 0 Å². The van der Waals surface area contributed by atoms with Gasteiger partial charge in [-0.2, -0.15) is 5.10 Å². The third kappa shape index (κ3) is 4.28. The Hall–Kier alpha value is -2.99. The number of rotatable bonds is 6. The second kappa shape index (κ2) is 8.35. The van der Waals surface area contributed by atoms with Crippen molar-refractivity contribution in [2.75, 3.05) is 13.2 Å². The molecule has 4 rings (SSSR count). The van der Waals surface area contributed by atoms with Gasteiger partial charge < -0.3 is 10.1 Å². The molecule has 0 bridgehead atoms. The average molecular weight is 379 g/mol. The zero-order valence-electron chi connectivity index (χ0n) is 15.5. The molecule has 3 aromatic rings. The molecule has 2 heterocycles. The van der Waals surface area contributed by atoms with Crippen LogP contribution in [0.5, 0.6) is 0 Å². The summed E-state index contributed by atoms with van der Waals surface area (Å²) in [6.07, 6.45) is 2.59. The quantitative estimate of drug-likeness (QED) is 0.716. The standard InChI is InChI=1S/C22H22FN3O2/c23-19-9-5-4-8-17(19)12-21(27)24-13-20-22-18(10-11-28-20)15-26(25-22)14-16-6-2-1-3-7-16/h1-9,15,20H,10-14H2,(H,24,27)/t20-/m1/s1. The van der Waals surface area contributed by atoms with Crippen LogP contribution in [0.2, 0.25) is 0 Å². The summed E-state index contributed by atoms with van der Waals surface area (Å²) in [7, 11) is 0. The monoisotopic (exact) mass is 379 g/mol. The Morgan fingerprint density at radius 3 is 2.79 bits per heavy atom. The van der Waals surface area contributed by atoms with Crippen LogP contribution in [0, 0.1) is 5.82 Å². The molecular weight excluding hydrogens is 357 g/mol. The molecule has 0 saturated carbocycles. The van der Waals surface area contributed by atoms with E-state index in [1.54, 1.807) is 18.2 Å². The first-order chi connectivity index (χ1) is 13.7. The molecule has 0 fully saturated rings. The van der Waals surface area contributed by atoms with Gasteiger partial charge in [-0.15, -0.1) is 0 Å². The van der Waals surface area contributed by atoms with Crippen LogP contribution in [0.3, 0.4) is 0 Å². The molecule has 1 N–H and O–H groups in total. The number of halogens is 1. The topological polar surface area (TPSA) is 56.1 Å². The van der Waals surface area contributed by atoms with Crippen LogP contribution in [-0.4, -0.2) is 28.8 Å². The Morgan fingerprint density at radius 1 is 1.18 bits per heavy atom. The average Bonchev–Trinajstić information content (AvgIpc) is 3.12. The van der Waals surface area contributed by atoms with Crippen LogP contribution < -0.4 is 5.32 Å². The fourth-order valence-electron chi connectivity index (χ4n) is 3.42. The number of aromatic nitrogens is 2. The highest BCUT2D eigenvalue weighted by atomic mass is 19.1. The van der Waals surface area contributed by atoms with Gasteiger partial charge in [0.25, 0.3) is 0 Å². The van der Waals surface area contributed by atoms with E-state index in [0.717, 1.165) is 17.7 Å². The van der Waals surface area contributed by atoms with E-state index in [4.69, 9.17) is 4.74 Å². The summed E-state index contributed by atoms with van der Waals surface area (Å²) in [5.74, 6) is -0.599. The lowest BCUT2D eigenvalue weighted by atomic mass is 10.1. The molecule has 144 valence electrons. The van der Waals surface area contributed by atoms with Gasteiger partial charge in [-0.25, -0.2) is 4.39 Å². The minimum absolute atomic E-state index is 0.00863. The number of nitrogens with zero attached hydrogens (tertiary/aromatic N) is 2. The number of benzene rings is 2. The fourth-order valence-corrected chi connectivity index (χ4v) is 3.42. The zero-order chi connectivity index (χ0) is 19.3. The predicted octanol–water partition coefficient (Wildman–Crippen LogP) is 3.04. The number of carbonyl (C=O) groups is 1. The van der Waals surface area contributed by atoms with E-state index in [9.17, 15) is 9.18 Å². The summed E-state index contributed by atoms with van der Waals surface area (Å²) in [6, 6.07) is 16.5. The van der Waals surface area contributed by atoms with Crippen molar-refractivity contribution in [2.45, 2.75) is 25.5 Å². The molecule has 1 aromatic heterocycles. The van der Waals surface area contributed by atoms with Gasteiger partial charge in [0.1, 0.15) is 11.9 Å². The van der Waals surface area contributed by atoms with E-state index in [1.807, 2.05) is 22.9 Å². The van der Waals surface area contributed by atoms with E-state index in [2.05, 4.69) is 28.7 Å². The predicted molar refractivity (Wildman–Crippen MR) is 103 cm³/mol. The molecule has 1 amide bonds. The lowest BCUT2D eigenvalue weighted by Gasteiger charge is -2.22. The Kier molecular flexibility index (Phi) is 5.48. The highest BCUT2D eigenvalue weighted by Gasteiger charge is 2.25. The number of amides is 1. The number of fused-ring (bicyclic) bond motifs is 1. The first kappa shape index (κ1) is 18.4. The lowest BCUT2D eigenvalue weighted by molar-refractivity contribution is -0.121. The molecule has 0 saturated heterocycles. The second-order valence-electron chi connectivity index (χ2n) is 6.90. The Morgan fingerprint density at radius 2 is 1.96 bits per heavy atom. The maximum Gasteiger partial charge on any atom is 0.224 e. The van der Waals surface area contributed by atoms with Crippen molar-refractivity contribution in [1.82, 2.24) is 15.1 Å². The third-order valence-electron chi connectivity index (χ3n) is 4.85. The van der Waals surface area contributed by atoms with E-state index in [0.29, 0.717) is 25.3 Å². The first-order valence-electron chi connectivity index (χ1n) is 9.41. The van der Waals surface area contributed by atoms with Gasteiger partial charge in [-0.3, -0.25) is 9.48 Å². The van der Waals surface area contributed by atoms with Crippen molar-refractivity contribution < 1.29 is 13.9 Å². The summed E-state index contributed by atoms with van der Waals surface area (Å²) in [5, 5.41) is 7.53. The van der Waals surface area contributed by atoms with Crippen molar-refractivity contribution >= 4 is 5.91 Å². The molecule has 0 unspecified atom stereocenters. The van der Waals surface area contributed by atoms with Crippen molar-refractivity contribution in [2.24, 2.45) is 0 Å². The normalized spacial score (nSPS) is 15.8. The van der Waals surface area contributed by atoms with E-state index >= 15 is 0 Å². The Labute approximate surface area is 163 Å². The van der Waals surface area contributed by atoms with Gasteiger partial charge in [0.15, 0.2) is 0 Å². The summed E-state index contributed by atoms with van der Waals surface area (Å²) >= 11 is 0. The number of ether oxygens (including phenoxy) is 1. The molecule has 1 aliphatic heterocycles. The minimum Gasteiger partial charge on any atom is -0.370 e.